The highest BCUT2D eigenvalue weighted by molar-refractivity contribution is 6.31. The van der Waals surface area contributed by atoms with Gasteiger partial charge >= 0.3 is 6.09 Å². The molecule has 0 spiro atoms. The first-order valence-electron chi connectivity index (χ1n) is 6.15. The number of nitrogens with zero attached hydrogens (tertiary/aromatic N) is 1. The molecule has 1 aliphatic rings. The standard InChI is InChI=1S/C13H17ClN2O3/c1-13(2,3)19-12(18)16-5-4-10-8(7-16)9(14)6-11(17)15-10/h6H,4-5,7H2,1-3H3,(H,15,17). The van der Waals surface area contributed by atoms with Crippen LogP contribution in [0.3, 0.4) is 0 Å². The molecule has 0 unspecified atom stereocenters. The molecule has 104 valence electrons. The van der Waals surface area contributed by atoms with E-state index in [1.165, 1.54) is 6.07 Å². The molecule has 1 aromatic rings. The predicted octanol–water partition coefficient (Wildman–Crippen LogP) is 2.32. The van der Waals surface area contributed by atoms with Crippen molar-refractivity contribution >= 4 is 17.7 Å². The summed E-state index contributed by atoms with van der Waals surface area (Å²) in [5, 5.41) is 0.395. The Kier molecular flexibility index (Phi) is 3.58. The molecule has 1 N–H and O–H groups in total. The van der Waals surface area contributed by atoms with Crippen LogP contribution in [0, 0.1) is 0 Å². The summed E-state index contributed by atoms with van der Waals surface area (Å²) in [6.07, 6.45) is 0.213. The van der Waals surface area contributed by atoms with Gasteiger partial charge in [0.2, 0.25) is 5.56 Å². The minimum Gasteiger partial charge on any atom is -0.444 e. The van der Waals surface area contributed by atoms with Crippen LogP contribution in [0.2, 0.25) is 5.02 Å². The van der Waals surface area contributed by atoms with Crippen LogP contribution in [0.1, 0.15) is 32.0 Å². The molecule has 0 saturated heterocycles. The highest BCUT2D eigenvalue weighted by atomic mass is 35.5. The molecule has 0 aliphatic carbocycles. The minimum atomic E-state index is -0.522. The topological polar surface area (TPSA) is 62.4 Å². The highest BCUT2D eigenvalue weighted by Crippen LogP contribution is 2.24. The van der Waals surface area contributed by atoms with Gasteiger partial charge in [-0.25, -0.2) is 4.79 Å². The van der Waals surface area contributed by atoms with Gasteiger partial charge in [0, 0.05) is 30.3 Å². The number of hydrogen-bond acceptors (Lipinski definition) is 3. The van der Waals surface area contributed by atoms with Crippen molar-refractivity contribution in [3.63, 3.8) is 0 Å². The Bertz CT molecular complexity index is 560. The van der Waals surface area contributed by atoms with E-state index < -0.39 is 5.60 Å². The zero-order chi connectivity index (χ0) is 14.2. The molecule has 0 bridgehead atoms. The molecule has 0 fully saturated rings. The molecule has 1 amide bonds. The first kappa shape index (κ1) is 13.9. The number of amides is 1. The second kappa shape index (κ2) is 4.89. The second-order valence-corrected chi connectivity index (χ2v) is 6.00. The molecular formula is C13H17ClN2O3. The predicted molar refractivity (Wildman–Crippen MR) is 72.4 cm³/mol. The summed E-state index contributed by atoms with van der Waals surface area (Å²) in [5.41, 5.74) is 0.858. The Morgan fingerprint density at radius 1 is 1.47 bits per heavy atom. The van der Waals surface area contributed by atoms with Crippen molar-refractivity contribution in [1.82, 2.24) is 9.88 Å². The lowest BCUT2D eigenvalue weighted by Gasteiger charge is -2.31. The number of ether oxygens (including phenoxy) is 1. The lowest BCUT2D eigenvalue weighted by Crippen LogP contribution is -2.40. The number of H-pyrrole nitrogens is 1. The van der Waals surface area contributed by atoms with Crippen LogP contribution in [0.5, 0.6) is 0 Å². The molecule has 1 aromatic heterocycles. The lowest BCUT2D eigenvalue weighted by atomic mass is 10.1. The zero-order valence-electron chi connectivity index (χ0n) is 11.2. The molecule has 1 aliphatic heterocycles. The zero-order valence-corrected chi connectivity index (χ0v) is 12.0. The maximum atomic E-state index is 12.0. The van der Waals surface area contributed by atoms with Crippen molar-refractivity contribution in [2.24, 2.45) is 0 Å². The number of fused-ring (bicyclic) bond motifs is 1. The van der Waals surface area contributed by atoms with Gasteiger partial charge < -0.3 is 14.6 Å². The van der Waals surface area contributed by atoms with Gasteiger partial charge in [-0.2, -0.15) is 0 Å². The van der Waals surface area contributed by atoms with Gasteiger partial charge in [-0.15, -0.1) is 0 Å². The van der Waals surface area contributed by atoms with E-state index in [0.717, 1.165) is 11.3 Å². The Balaban J connectivity index is 2.18. The smallest absolute Gasteiger partial charge is 0.410 e. The molecule has 2 rings (SSSR count). The molecule has 0 saturated carbocycles. The van der Waals surface area contributed by atoms with Crippen LogP contribution in [0.15, 0.2) is 10.9 Å². The van der Waals surface area contributed by atoms with Crippen LogP contribution < -0.4 is 5.56 Å². The van der Waals surface area contributed by atoms with Gasteiger partial charge in [-0.1, -0.05) is 11.6 Å². The summed E-state index contributed by atoms with van der Waals surface area (Å²) in [6.45, 7) is 6.35. The highest BCUT2D eigenvalue weighted by Gasteiger charge is 2.27. The maximum Gasteiger partial charge on any atom is 0.410 e. The first-order valence-corrected chi connectivity index (χ1v) is 6.52. The molecule has 19 heavy (non-hydrogen) atoms. The van der Waals surface area contributed by atoms with Gasteiger partial charge in [0.15, 0.2) is 0 Å². The van der Waals surface area contributed by atoms with Gasteiger partial charge in [0.25, 0.3) is 0 Å². The number of rotatable bonds is 0. The fourth-order valence-corrected chi connectivity index (χ4v) is 2.26. The third-order valence-electron chi connectivity index (χ3n) is 2.82. The van der Waals surface area contributed by atoms with Crippen molar-refractivity contribution in [1.29, 1.82) is 0 Å². The third kappa shape index (κ3) is 3.29. The minimum absolute atomic E-state index is 0.213. The summed E-state index contributed by atoms with van der Waals surface area (Å²) in [7, 11) is 0. The number of aromatic amines is 1. The van der Waals surface area contributed by atoms with Crippen molar-refractivity contribution < 1.29 is 9.53 Å². The van der Waals surface area contributed by atoms with E-state index in [1.807, 2.05) is 20.8 Å². The number of aromatic nitrogens is 1. The Labute approximate surface area is 116 Å². The van der Waals surface area contributed by atoms with Crippen molar-refractivity contribution in [3.05, 3.63) is 32.7 Å². The summed E-state index contributed by atoms with van der Waals surface area (Å²) in [5.74, 6) is 0. The number of nitrogens with one attached hydrogen (secondary N) is 1. The van der Waals surface area contributed by atoms with Gasteiger partial charge in [0.1, 0.15) is 5.60 Å². The average Bonchev–Trinajstić information content (AvgIpc) is 2.25. The van der Waals surface area contributed by atoms with Gasteiger partial charge in [0.05, 0.1) is 11.6 Å². The Morgan fingerprint density at radius 3 is 2.79 bits per heavy atom. The van der Waals surface area contributed by atoms with E-state index in [-0.39, 0.29) is 11.7 Å². The molecule has 0 atom stereocenters. The van der Waals surface area contributed by atoms with Crippen LogP contribution in [-0.2, 0) is 17.7 Å². The van der Waals surface area contributed by atoms with E-state index >= 15 is 0 Å². The SMILES string of the molecule is CC(C)(C)OC(=O)N1CCc2[nH]c(=O)cc(Cl)c2C1. The maximum absolute atomic E-state index is 12.0. The summed E-state index contributed by atoms with van der Waals surface area (Å²) in [6, 6.07) is 1.33. The molecular weight excluding hydrogens is 268 g/mol. The van der Waals surface area contributed by atoms with E-state index in [9.17, 15) is 9.59 Å². The van der Waals surface area contributed by atoms with Crippen LogP contribution >= 0.6 is 11.6 Å². The number of halogens is 1. The van der Waals surface area contributed by atoms with Crippen molar-refractivity contribution in [2.75, 3.05) is 6.54 Å². The van der Waals surface area contributed by atoms with E-state index in [0.29, 0.717) is 24.5 Å². The fourth-order valence-electron chi connectivity index (χ4n) is 1.99. The molecule has 6 heteroatoms. The van der Waals surface area contributed by atoms with Gasteiger partial charge in [-0.05, 0) is 20.8 Å². The second-order valence-electron chi connectivity index (χ2n) is 5.59. The summed E-state index contributed by atoms with van der Waals surface area (Å²) in [4.78, 5) is 27.7. The Morgan fingerprint density at radius 2 is 2.16 bits per heavy atom. The quantitative estimate of drug-likeness (QED) is 0.795. The van der Waals surface area contributed by atoms with E-state index in [2.05, 4.69) is 4.98 Å². The van der Waals surface area contributed by atoms with Crippen molar-refractivity contribution in [3.8, 4) is 0 Å². The van der Waals surface area contributed by atoms with Gasteiger partial charge in [-0.3, -0.25) is 4.79 Å². The largest absolute Gasteiger partial charge is 0.444 e. The third-order valence-corrected chi connectivity index (χ3v) is 3.15. The molecule has 5 nitrogen and oxygen atoms in total. The van der Waals surface area contributed by atoms with Crippen LogP contribution in [0.25, 0.3) is 0 Å². The fraction of sp³-hybridized carbons (Fsp3) is 0.538. The normalized spacial score (nSPS) is 15.1. The van der Waals surface area contributed by atoms with E-state index in [1.54, 1.807) is 4.90 Å². The lowest BCUT2D eigenvalue weighted by molar-refractivity contribution is 0.0223. The average molecular weight is 285 g/mol. The van der Waals surface area contributed by atoms with E-state index in [4.69, 9.17) is 16.3 Å². The number of hydrogen-bond donors (Lipinski definition) is 1. The van der Waals surface area contributed by atoms with Crippen LogP contribution in [0.4, 0.5) is 4.79 Å². The number of carbonyl (C=O) groups excluding carboxylic acids is 1. The molecule has 0 radical (unpaired) electrons. The number of pyridine rings is 1. The van der Waals surface area contributed by atoms with Crippen molar-refractivity contribution in [2.45, 2.75) is 39.3 Å². The summed E-state index contributed by atoms with van der Waals surface area (Å²) >= 11 is 6.05. The Hall–Kier alpha value is -1.49. The van der Waals surface area contributed by atoms with Crippen LogP contribution in [-0.4, -0.2) is 28.1 Å². The monoisotopic (exact) mass is 284 g/mol. The molecule has 2 heterocycles. The first-order chi connectivity index (χ1) is 8.76. The number of carbonyl (C=O) groups is 1. The summed E-state index contributed by atoms with van der Waals surface area (Å²) < 4.78 is 5.33. The molecule has 0 aromatic carbocycles.